The summed E-state index contributed by atoms with van der Waals surface area (Å²) in [5, 5.41) is 5.61. The van der Waals surface area contributed by atoms with E-state index in [1.165, 1.54) is 12.5 Å². The third-order valence-corrected chi connectivity index (χ3v) is 4.27. The number of hydrogen-bond acceptors (Lipinski definition) is 3. The molecule has 0 aliphatic rings. The zero-order chi connectivity index (χ0) is 20.0. The van der Waals surface area contributed by atoms with Gasteiger partial charge in [-0.15, -0.1) is 0 Å². The first-order valence-corrected chi connectivity index (χ1v) is 9.17. The van der Waals surface area contributed by atoms with Crippen LogP contribution in [0.5, 0.6) is 5.75 Å². The summed E-state index contributed by atoms with van der Waals surface area (Å²) in [5.74, 6) is 0.816. The van der Waals surface area contributed by atoms with Crippen LogP contribution < -0.4 is 15.4 Å². The topological polar surface area (TPSA) is 67.4 Å². The first-order chi connectivity index (χ1) is 12.8. The Labute approximate surface area is 161 Å². The number of ether oxygens (including phenoxy) is 1. The van der Waals surface area contributed by atoms with Crippen LogP contribution in [0.2, 0.25) is 0 Å². The van der Waals surface area contributed by atoms with Crippen molar-refractivity contribution in [3.8, 4) is 5.75 Å². The molecule has 0 spiro atoms. The standard InChI is InChI=1S/C22H28N2O3/c1-14(2)19-10-9-15(3)21(12-19)27-16(4)22(26)23-13-18-7-6-8-20(11-18)24-17(5)25/h6-12,14,16H,13H2,1-5H3,(H,23,26)(H,24,25). The highest BCUT2D eigenvalue weighted by Gasteiger charge is 2.16. The van der Waals surface area contributed by atoms with Crippen molar-refractivity contribution in [3.05, 3.63) is 59.2 Å². The van der Waals surface area contributed by atoms with Crippen molar-refractivity contribution < 1.29 is 14.3 Å². The average molecular weight is 368 g/mol. The van der Waals surface area contributed by atoms with Gasteiger partial charge in [0.2, 0.25) is 5.91 Å². The van der Waals surface area contributed by atoms with Gasteiger partial charge in [0.25, 0.3) is 5.91 Å². The summed E-state index contributed by atoms with van der Waals surface area (Å²) in [6, 6.07) is 13.5. The van der Waals surface area contributed by atoms with Gasteiger partial charge in [0.1, 0.15) is 5.75 Å². The van der Waals surface area contributed by atoms with E-state index in [0.717, 1.165) is 16.9 Å². The lowest BCUT2D eigenvalue weighted by atomic mass is 10.0. The molecule has 0 saturated carbocycles. The second kappa shape index (κ2) is 9.21. The monoisotopic (exact) mass is 368 g/mol. The molecule has 0 aliphatic heterocycles. The van der Waals surface area contributed by atoms with Gasteiger partial charge >= 0.3 is 0 Å². The first kappa shape index (κ1) is 20.5. The third kappa shape index (κ3) is 6.13. The molecular weight excluding hydrogens is 340 g/mol. The summed E-state index contributed by atoms with van der Waals surface area (Å²) in [4.78, 5) is 23.6. The van der Waals surface area contributed by atoms with Gasteiger partial charge in [-0.3, -0.25) is 9.59 Å². The summed E-state index contributed by atoms with van der Waals surface area (Å²) in [6.07, 6.45) is -0.607. The minimum atomic E-state index is -0.607. The van der Waals surface area contributed by atoms with E-state index in [1.54, 1.807) is 6.92 Å². The van der Waals surface area contributed by atoms with E-state index in [-0.39, 0.29) is 11.8 Å². The number of rotatable bonds is 7. The molecule has 5 heteroatoms. The van der Waals surface area contributed by atoms with Crippen LogP contribution >= 0.6 is 0 Å². The van der Waals surface area contributed by atoms with Crippen molar-refractivity contribution in [1.29, 1.82) is 0 Å². The fourth-order valence-electron chi connectivity index (χ4n) is 2.64. The minimum absolute atomic E-state index is 0.128. The lowest BCUT2D eigenvalue weighted by Gasteiger charge is -2.18. The van der Waals surface area contributed by atoms with Gasteiger partial charge in [-0.1, -0.05) is 38.1 Å². The second-order valence-electron chi connectivity index (χ2n) is 7.04. The number of aryl methyl sites for hydroxylation is 1. The third-order valence-electron chi connectivity index (χ3n) is 4.27. The predicted molar refractivity (Wildman–Crippen MR) is 108 cm³/mol. The predicted octanol–water partition coefficient (Wildman–Crippen LogP) is 4.16. The Hall–Kier alpha value is -2.82. The fourth-order valence-corrected chi connectivity index (χ4v) is 2.64. The van der Waals surface area contributed by atoms with Crippen molar-refractivity contribution in [1.82, 2.24) is 5.32 Å². The zero-order valence-corrected chi connectivity index (χ0v) is 16.6. The Kier molecular flexibility index (Phi) is 6.99. The van der Waals surface area contributed by atoms with E-state index >= 15 is 0 Å². The molecule has 2 N–H and O–H groups in total. The highest BCUT2D eigenvalue weighted by Crippen LogP contribution is 2.25. The minimum Gasteiger partial charge on any atom is -0.481 e. The Balaban J connectivity index is 1.96. The molecule has 5 nitrogen and oxygen atoms in total. The Morgan fingerprint density at radius 1 is 1.07 bits per heavy atom. The Bertz CT molecular complexity index is 815. The van der Waals surface area contributed by atoms with E-state index in [2.05, 4.69) is 30.5 Å². The number of carbonyl (C=O) groups is 2. The van der Waals surface area contributed by atoms with Gasteiger partial charge in [0.05, 0.1) is 0 Å². The number of anilines is 1. The van der Waals surface area contributed by atoms with Gasteiger partial charge in [0, 0.05) is 19.2 Å². The molecule has 2 amide bonds. The Morgan fingerprint density at radius 2 is 1.81 bits per heavy atom. The maximum atomic E-state index is 12.4. The molecule has 1 unspecified atom stereocenters. The summed E-state index contributed by atoms with van der Waals surface area (Å²) in [6.45, 7) is 9.79. The zero-order valence-electron chi connectivity index (χ0n) is 16.6. The molecule has 1 atom stereocenters. The summed E-state index contributed by atoms with van der Waals surface area (Å²) < 4.78 is 5.89. The van der Waals surface area contributed by atoms with Crippen LogP contribution in [0.4, 0.5) is 5.69 Å². The summed E-state index contributed by atoms with van der Waals surface area (Å²) in [5.41, 5.74) is 3.79. The van der Waals surface area contributed by atoms with Crippen molar-refractivity contribution in [2.24, 2.45) is 0 Å². The van der Waals surface area contributed by atoms with E-state index in [0.29, 0.717) is 18.2 Å². The quantitative estimate of drug-likeness (QED) is 0.771. The molecule has 0 heterocycles. The van der Waals surface area contributed by atoms with Crippen LogP contribution in [0.3, 0.4) is 0 Å². The molecule has 2 aromatic carbocycles. The highest BCUT2D eigenvalue weighted by molar-refractivity contribution is 5.88. The van der Waals surface area contributed by atoms with Crippen molar-refractivity contribution in [2.45, 2.75) is 53.2 Å². The summed E-state index contributed by atoms with van der Waals surface area (Å²) in [7, 11) is 0. The van der Waals surface area contributed by atoms with Gasteiger partial charge < -0.3 is 15.4 Å². The maximum Gasteiger partial charge on any atom is 0.261 e. The van der Waals surface area contributed by atoms with Crippen molar-refractivity contribution in [3.63, 3.8) is 0 Å². The Morgan fingerprint density at radius 3 is 2.48 bits per heavy atom. The van der Waals surface area contributed by atoms with Crippen LogP contribution in [-0.2, 0) is 16.1 Å². The van der Waals surface area contributed by atoms with E-state index in [4.69, 9.17) is 4.74 Å². The first-order valence-electron chi connectivity index (χ1n) is 9.17. The van der Waals surface area contributed by atoms with Crippen LogP contribution in [0.25, 0.3) is 0 Å². The lowest BCUT2D eigenvalue weighted by molar-refractivity contribution is -0.127. The molecule has 0 saturated heterocycles. The maximum absolute atomic E-state index is 12.4. The van der Waals surface area contributed by atoms with Gasteiger partial charge in [-0.2, -0.15) is 0 Å². The lowest BCUT2D eigenvalue weighted by Crippen LogP contribution is -2.36. The van der Waals surface area contributed by atoms with Crippen LogP contribution in [0.15, 0.2) is 42.5 Å². The molecule has 27 heavy (non-hydrogen) atoms. The summed E-state index contributed by atoms with van der Waals surface area (Å²) >= 11 is 0. The average Bonchev–Trinajstić information content (AvgIpc) is 2.61. The molecule has 0 aliphatic carbocycles. The largest absolute Gasteiger partial charge is 0.481 e. The van der Waals surface area contributed by atoms with Crippen molar-refractivity contribution >= 4 is 17.5 Å². The molecule has 2 aromatic rings. The molecule has 0 fully saturated rings. The molecule has 2 rings (SSSR count). The number of benzene rings is 2. The number of carbonyl (C=O) groups excluding carboxylic acids is 2. The molecule has 0 radical (unpaired) electrons. The smallest absolute Gasteiger partial charge is 0.261 e. The number of amides is 2. The normalized spacial score (nSPS) is 11.8. The van der Waals surface area contributed by atoms with Crippen molar-refractivity contribution in [2.75, 3.05) is 5.32 Å². The number of nitrogens with one attached hydrogen (secondary N) is 2. The van der Waals surface area contributed by atoms with Gasteiger partial charge in [-0.05, 0) is 54.7 Å². The van der Waals surface area contributed by atoms with Gasteiger partial charge in [0.15, 0.2) is 6.10 Å². The molecule has 0 aromatic heterocycles. The highest BCUT2D eigenvalue weighted by atomic mass is 16.5. The van der Waals surface area contributed by atoms with Gasteiger partial charge in [-0.25, -0.2) is 0 Å². The number of hydrogen-bond donors (Lipinski definition) is 2. The van der Waals surface area contributed by atoms with Crippen LogP contribution in [0, 0.1) is 6.92 Å². The molecular formula is C22H28N2O3. The van der Waals surface area contributed by atoms with E-state index < -0.39 is 6.10 Å². The molecule has 0 bridgehead atoms. The molecule has 144 valence electrons. The second-order valence-corrected chi connectivity index (χ2v) is 7.04. The fraction of sp³-hybridized carbons (Fsp3) is 0.364. The van der Waals surface area contributed by atoms with Crippen LogP contribution in [-0.4, -0.2) is 17.9 Å². The van der Waals surface area contributed by atoms with Crippen LogP contribution in [0.1, 0.15) is 50.3 Å². The van der Waals surface area contributed by atoms with E-state index in [9.17, 15) is 9.59 Å². The van der Waals surface area contributed by atoms with E-state index in [1.807, 2.05) is 43.3 Å². The SMILES string of the molecule is CC(=O)Nc1cccc(CNC(=O)C(C)Oc2cc(C(C)C)ccc2C)c1.